The first-order chi connectivity index (χ1) is 8.70. The number of carbonyl (C=O) groups is 1. The number of ether oxygens (including phenoxy) is 1. The Balaban J connectivity index is 1.93. The number of hydrogen-bond donors (Lipinski definition) is 0. The molecule has 0 saturated heterocycles. The second-order valence-electron chi connectivity index (χ2n) is 5.17. The van der Waals surface area contributed by atoms with Gasteiger partial charge in [0.15, 0.2) is 5.78 Å². The van der Waals surface area contributed by atoms with Gasteiger partial charge in [0, 0.05) is 5.56 Å². The highest BCUT2D eigenvalue weighted by atomic mass is 16.5. The van der Waals surface area contributed by atoms with Crippen molar-refractivity contribution in [3.63, 3.8) is 0 Å². The van der Waals surface area contributed by atoms with Crippen molar-refractivity contribution in [3.8, 4) is 0 Å². The Hall–Kier alpha value is -1.15. The van der Waals surface area contributed by atoms with Crippen LogP contribution in [0, 0.1) is 0 Å². The second-order valence-corrected chi connectivity index (χ2v) is 5.17. The van der Waals surface area contributed by atoms with E-state index in [9.17, 15) is 4.79 Å². The van der Waals surface area contributed by atoms with Crippen molar-refractivity contribution >= 4 is 5.78 Å². The molecular weight excluding hydrogens is 224 g/mol. The first-order valence-electron chi connectivity index (χ1n) is 6.97. The molecule has 1 aromatic rings. The first-order valence-corrected chi connectivity index (χ1v) is 6.97. The topological polar surface area (TPSA) is 26.3 Å². The Morgan fingerprint density at radius 1 is 1.33 bits per heavy atom. The summed E-state index contributed by atoms with van der Waals surface area (Å²) in [4.78, 5) is 12.0. The zero-order chi connectivity index (χ0) is 13.0. The highest BCUT2D eigenvalue weighted by Crippen LogP contribution is 2.23. The summed E-state index contributed by atoms with van der Waals surface area (Å²) in [6, 6.07) is 6.10. The van der Waals surface area contributed by atoms with Gasteiger partial charge in [0.05, 0.1) is 6.10 Å². The van der Waals surface area contributed by atoms with Crippen LogP contribution in [0.15, 0.2) is 18.2 Å². The van der Waals surface area contributed by atoms with Gasteiger partial charge in [-0.25, -0.2) is 0 Å². The Morgan fingerprint density at radius 2 is 2.11 bits per heavy atom. The number of hydrogen-bond acceptors (Lipinski definition) is 2. The van der Waals surface area contributed by atoms with Crippen LogP contribution in [0.25, 0.3) is 0 Å². The van der Waals surface area contributed by atoms with Crippen LogP contribution in [0.5, 0.6) is 0 Å². The predicted molar refractivity (Wildman–Crippen MR) is 73.1 cm³/mol. The fourth-order valence-corrected chi connectivity index (χ4v) is 2.54. The van der Waals surface area contributed by atoms with Gasteiger partial charge in [0.25, 0.3) is 0 Å². The van der Waals surface area contributed by atoms with Crippen molar-refractivity contribution in [2.75, 3.05) is 6.61 Å². The minimum absolute atomic E-state index is 0.104. The van der Waals surface area contributed by atoms with Crippen molar-refractivity contribution in [1.82, 2.24) is 0 Å². The highest BCUT2D eigenvalue weighted by Gasteiger charge is 2.14. The number of benzene rings is 1. The van der Waals surface area contributed by atoms with Crippen LogP contribution in [0.1, 0.15) is 54.6 Å². The summed E-state index contributed by atoms with van der Waals surface area (Å²) >= 11 is 0. The molecule has 0 aliphatic heterocycles. The lowest BCUT2D eigenvalue weighted by Crippen LogP contribution is -2.16. The lowest BCUT2D eigenvalue weighted by atomic mass is 10.0. The molecule has 2 heteroatoms. The molecule has 0 saturated carbocycles. The van der Waals surface area contributed by atoms with Crippen LogP contribution in [-0.2, 0) is 17.6 Å². The van der Waals surface area contributed by atoms with E-state index in [4.69, 9.17) is 4.74 Å². The van der Waals surface area contributed by atoms with E-state index in [1.54, 1.807) is 0 Å². The summed E-state index contributed by atoms with van der Waals surface area (Å²) in [6.07, 6.45) is 5.77. The van der Waals surface area contributed by atoms with Gasteiger partial charge < -0.3 is 4.74 Å². The van der Waals surface area contributed by atoms with Crippen molar-refractivity contribution in [3.05, 3.63) is 34.9 Å². The van der Waals surface area contributed by atoms with Gasteiger partial charge in [-0.1, -0.05) is 25.5 Å². The Labute approximate surface area is 109 Å². The van der Waals surface area contributed by atoms with Crippen LogP contribution < -0.4 is 0 Å². The monoisotopic (exact) mass is 246 g/mol. The van der Waals surface area contributed by atoms with Crippen LogP contribution in [-0.4, -0.2) is 18.5 Å². The molecule has 0 fully saturated rings. The van der Waals surface area contributed by atoms with Crippen molar-refractivity contribution < 1.29 is 9.53 Å². The summed E-state index contributed by atoms with van der Waals surface area (Å²) in [5.41, 5.74) is 3.56. The minimum atomic E-state index is 0.104. The molecular formula is C16H22O2. The molecule has 2 nitrogen and oxygen atoms in total. The number of Topliss-reactive ketones (excluding diaryl/α,β-unsaturated/α-hetero) is 1. The number of ketones is 1. The molecule has 98 valence electrons. The largest absolute Gasteiger partial charge is 0.370 e. The fourth-order valence-electron chi connectivity index (χ4n) is 2.54. The Kier molecular flexibility index (Phi) is 4.54. The quantitative estimate of drug-likeness (QED) is 0.717. The van der Waals surface area contributed by atoms with Crippen molar-refractivity contribution in [2.24, 2.45) is 0 Å². The Bertz CT molecular complexity index is 423. The van der Waals surface area contributed by atoms with E-state index < -0.39 is 0 Å². The summed E-state index contributed by atoms with van der Waals surface area (Å²) < 4.78 is 5.57. The summed E-state index contributed by atoms with van der Waals surface area (Å²) in [7, 11) is 0. The molecule has 0 bridgehead atoms. The predicted octanol–water partition coefficient (Wildman–Crippen LogP) is 3.56. The number of rotatable bonds is 6. The maximum atomic E-state index is 12.0. The van der Waals surface area contributed by atoms with Gasteiger partial charge in [-0.3, -0.25) is 4.79 Å². The van der Waals surface area contributed by atoms with Crippen LogP contribution >= 0.6 is 0 Å². The van der Waals surface area contributed by atoms with E-state index in [0.29, 0.717) is 0 Å². The molecule has 0 heterocycles. The average Bonchev–Trinajstić information content (AvgIpc) is 2.83. The van der Waals surface area contributed by atoms with Gasteiger partial charge >= 0.3 is 0 Å². The van der Waals surface area contributed by atoms with Gasteiger partial charge in [-0.2, -0.15) is 0 Å². The van der Waals surface area contributed by atoms with E-state index in [0.717, 1.165) is 31.2 Å². The van der Waals surface area contributed by atoms with Gasteiger partial charge in [0.2, 0.25) is 0 Å². The van der Waals surface area contributed by atoms with Gasteiger partial charge in [-0.15, -0.1) is 0 Å². The van der Waals surface area contributed by atoms with Crippen LogP contribution in [0.4, 0.5) is 0 Å². The lowest BCUT2D eigenvalue weighted by molar-refractivity contribution is 0.0490. The molecule has 0 spiro atoms. The second kappa shape index (κ2) is 6.14. The van der Waals surface area contributed by atoms with E-state index in [-0.39, 0.29) is 18.5 Å². The van der Waals surface area contributed by atoms with Gasteiger partial charge in [0.1, 0.15) is 6.61 Å². The SMILES string of the molecule is CCCC(C)OCC(=O)c1ccc2c(c1)CCC2. The molecule has 2 rings (SSSR count). The molecule has 1 aliphatic rings. The first kappa shape index (κ1) is 13.3. The van der Waals surface area contributed by atoms with E-state index in [1.165, 1.54) is 17.5 Å². The fraction of sp³-hybridized carbons (Fsp3) is 0.562. The van der Waals surface area contributed by atoms with Crippen molar-refractivity contribution in [1.29, 1.82) is 0 Å². The highest BCUT2D eigenvalue weighted by molar-refractivity contribution is 5.97. The zero-order valence-corrected chi connectivity index (χ0v) is 11.4. The molecule has 0 aromatic heterocycles. The lowest BCUT2D eigenvalue weighted by Gasteiger charge is -2.11. The minimum Gasteiger partial charge on any atom is -0.370 e. The molecule has 0 N–H and O–H groups in total. The van der Waals surface area contributed by atoms with Crippen LogP contribution in [0.3, 0.4) is 0 Å². The van der Waals surface area contributed by atoms with Crippen LogP contribution in [0.2, 0.25) is 0 Å². The average molecular weight is 246 g/mol. The maximum absolute atomic E-state index is 12.0. The third-order valence-corrected chi connectivity index (χ3v) is 3.61. The standard InChI is InChI=1S/C16H22O2/c1-3-5-12(2)18-11-16(17)15-9-8-13-6-4-7-14(13)10-15/h8-10,12H,3-7,11H2,1-2H3. The van der Waals surface area contributed by atoms with E-state index in [1.807, 2.05) is 13.0 Å². The normalized spacial score (nSPS) is 15.4. The molecule has 0 radical (unpaired) electrons. The molecule has 1 aliphatic carbocycles. The molecule has 1 aromatic carbocycles. The molecule has 18 heavy (non-hydrogen) atoms. The van der Waals surface area contributed by atoms with Crippen molar-refractivity contribution in [2.45, 2.75) is 52.1 Å². The maximum Gasteiger partial charge on any atom is 0.188 e. The zero-order valence-electron chi connectivity index (χ0n) is 11.4. The summed E-state index contributed by atoms with van der Waals surface area (Å²) in [5.74, 6) is 0.104. The number of aryl methyl sites for hydroxylation is 2. The molecule has 1 unspecified atom stereocenters. The smallest absolute Gasteiger partial charge is 0.188 e. The third-order valence-electron chi connectivity index (χ3n) is 3.61. The van der Waals surface area contributed by atoms with E-state index >= 15 is 0 Å². The Morgan fingerprint density at radius 3 is 2.89 bits per heavy atom. The van der Waals surface area contributed by atoms with Gasteiger partial charge in [-0.05, 0) is 49.8 Å². The number of fused-ring (bicyclic) bond motifs is 1. The van der Waals surface area contributed by atoms with E-state index in [2.05, 4.69) is 19.1 Å². The molecule has 1 atom stereocenters. The summed E-state index contributed by atoms with van der Waals surface area (Å²) in [5, 5.41) is 0. The molecule has 0 amide bonds. The summed E-state index contributed by atoms with van der Waals surface area (Å²) in [6.45, 7) is 4.36. The number of carbonyl (C=O) groups excluding carboxylic acids is 1. The third kappa shape index (κ3) is 3.20.